The van der Waals surface area contributed by atoms with Crippen molar-refractivity contribution in [1.82, 2.24) is 0 Å². The number of rotatable bonds is 2. The smallest absolute Gasteiger partial charge is 0.384 e. The van der Waals surface area contributed by atoms with Crippen molar-refractivity contribution in [2.24, 2.45) is 0 Å². The number of anilines is 1. The average molecular weight is 196 g/mol. The number of piperidine rings is 1. The Balaban J connectivity index is 2.11. The molecule has 0 radical (unpaired) electrons. The van der Waals surface area contributed by atoms with Gasteiger partial charge in [-0.2, -0.15) is 0 Å². The second kappa shape index (κ2) is 3.69. The van der Waals surface area contributed by atoms with Crippen molar-refractivity contribution in [2.75, 3.05) is 18.0 Å². The first-order valence-corrected chi connectivity index (χ1v) is 4.76. The van der Waals surface area contributed by atoms with Crippen LogP contribution in [0, 0.1) is 10.1 Å². The quantitative estimate of drug-likeness (QED) is 0.537. The number of nitro groups is 1. The van der Waals surface area contributed by atoms with E-state index < -0.39 is 4.92 Å². The highest BCUT2D eigenvalue weighted by molar-refractivity contribution is 5.40. The molecule has 1 aromatic rings. The molecule has 1 aliphatic rings. The molecule has 14 heavy (non-hydrogen) atoms. The Hall–Kier alpha value is -1.52. The molecule has 0 saturated carbocycles. The molecule has 0 amide bonds. The first-order chi connectivity index (χ1) is 6.77. The minimum absolute atomic E-state index is 0.175. The van der Waals surface area contributed by atoms with Gasteiger partial charge in [-0.1, -0.05) is 0 Å². The van der Waals surface area contributed by atoms with Gasteiger partial charge in [0.1, 0.15) is 4.92 Å². The lowest BCUT2D eigenvalue weighted by atomic mass is 10.1. The van der Waals surface area contributed by atoms with Crippen LogP contribution in [0.15, 0.2) is 16.5 Å². The van der Waals surface area contributed by atoms with Crippen LogP contribution < -0.4 is 4.90 Å². The van der Waals surface area contributed by atoms with E-state index in [1.165, 1.54) is 12.5 Å². The van der Waals surface area contributed by atoms with Crippen LogP contribution in [0.25, 0.3) is 0 Å². The van der Waals surface area contributed by atoms with Gasteiger partial charge in [0.25, 0.3) is 0 Å². The molecule has 5 heteroatoms. The van der Waals surface area contributed by atoms with Crippen molar-refractivity contribution in [2.45, 2.75) is 19.3 Å². The van der Waals surface area contributed by atoms with E-state index in [0.29, 0.717) is 5.88 Å². The summed E-state index contributed by atoms with van der Waals surface area (Å²) < 4.78 is 5.11. The van der Waals surface area contributed by atoms with Gasteiger partial charge in [-0.15, -0.1) is 0 Å². The fourth-order valence-electron chi connectivity index (χ4n) is 1.70. The lowest BCUT2D eigenvalue weighted by Gasteiger charge is -2.25. The zero-order chi connectivity index (χ0) is 9.97. The highest BCUT2D eigenvalue weighted by atomic mass is 16.6. The van der Waals surface area contributed by atoms with Crippen LogP contribution in [-0.4, -0.2) is 18.0 Å². The molecule has 0 aromatic carbocycles. The summed E-state index contributed by atoms with van der Waals surface area (Å²) in [6.45, 7) is 1.87. The van der Waals surface area contributed by atoms with E-state index in [4.69, 9.17) is 4.42 Å². The Labute approximate surface area is 81.5 Å². The largest absolute Gasteiger partial charge is 0.434 e. The summed E-state index contributed by atoms with van der Waals surface area (Å²) >= 11 is 0. The maximum absolute atomic E-state index is 10.4. The summed E-state index contributed by atoms with van der Waals surface area (Å²) in [7, 11) is 0. The van der Waals surface area contributed by atoms with E-state index in [2.05, 4.69) is 4.90 Å². The fraction of sp³-hybridized carbons (Fsp3) is 0.556. The molecular formula is C9H12N2O3. The number of hydrogen-bond donors (Lipinski definition) is 0. The van der Waals surface area contributed by atoms with Crippen molar-refractivity contribution < 1.29 is 9.34 Å². The molecule has 2 heterocycles. The van der Waals surface area contributed by atoms with Crippen LogP contribution in [0.1, 0.15) is 19.3 Å². The molecule has 76 valence electrons. The van der Waals surface area contributed by atoms with Gasteiger partial charge in [-0.05, 0) is 19.3 Å². The first kappa shape index (κ1) is 9.05. The molecule has 5 nitrogen and oxygen atoms in total. The molecule has 1 aromatic heterocycles. The van der Waals surface area contributed by atoms with Gasteiger partial charge in [-0.3, -0.25) is 10.1 Å². The number of furan rings is 1. The van der Waals surface area contributed by atoms with Gasteiger partial charge in [-0.25, -0.2) is 0 Å². The highest BCUT2D eigenvalue weighted by Crippen LogP contribution is 2.25. The maximum Gasteiger partial charge on any atom is 0.434 e. The average Bonchev–Trinajstić information content (AvgIpc) is 2.68. The second-order valence-electron chi connectivity index (χ2n) is 3.42. The summed E-state index contributed by atoms with van der Waals surface area (Å²) in [6, 6.07) is 3.08. The summed E-state index contributed by atoms with van der Waals surface area (Å²) in [5, 5.41) is 10.4. The number of hydrogen-bond acceptors (Lipinski definition) is 4. The van der Waals surface area contributed by atoms with E-state index in [1.807, 2.05) is 0 Å². The molecule has 0 bridgehead atoms. The third-order valence-electron chi connectivity index (χ3n) is 2.43. The normalized spacial score (nSPS) is 17.0. The van der Waals surface area contributed by atoms with Crippen molar-refractivity contribution in [3.8, 4) is 0 Å². The van der Waals surface area contributed by atoms with Gasteiger partial charge >= 0.3 is 5.88 Å². The molecule has 0 aliphatic carbocycles. The predicted octanol–water partition coefficient (Wildman–Crippen LogP) is 2.18. The van der Waals surface area contributed by atoms with Crippen LogP contribution in [0.3, 0.4) is 0 Å². The molecule has 1 fully saturated rings. The van der Waals surface area contributed by atoms with Crippen LogP contribution >= 0.6 is 0 Å². The van der Waals surface area contributed by atoms with Gasteiger partial charge in [0.05, 0.1) is 6.07 Å². The minimum Gasteiger partial charge on any atom is -0.384 e. The van der Waals surface area contributed by atoms with Gasteiger partial charge in [0, 0.05) is 19.2 Å². The Kier molecular flexibility index (Phi) is 2.39. The topological polar surface area (TPSA) is 59.5 Å². The van der Waals surface area contributed by atoms with Gasteiger partial charge in [0.15, 0.2) is 0 Å². The third-order valence-corrected chi connectivity index (χ3v) is 2.43. The van der Waals surface area contributed by atoms with E-state index in [1.54, 1.807) is 6.07 Å². The Bertz CT molecular complexity index is 329. The van der Waals surface area contributed by atoms with E-state index >= 15 is 0 Å². The molecule has 1 saturated heterocycles. The summed E-state index contributed by atoms with van der Waals surface area (Å²) in [5.41, 5.74) is 0. The van der Waals surface area contributed by atoms with E-state index in [0.717, 1.165) is 25.9 Å². The van der Waals surface area contributed by atoms with E-state index in [9.17, 15) is 10.1 Å². The van der Waals surface area contributed by atoms with Crippen molar-refractivity contribution in [3.63, 3.8) is 0 Å². The number of nitrogens with zero attached hydrogens (tertiary/aromatic N) is 2. The highest BCUT2D eigenvalue weighted by Gasteiger charge is 2.18. The van der Waals surface area contributed by atoms with Crippen LogP contribution in [-0.2, 0) is 0 Å². The summed E-state index contributed by atoms with van der Waals surface area (Å²) in [5.74, 6) is 0.446. The summed E-state index contributed by atoms with van der Waals surface area (Å²) in [4.78, 5) is 11.9. The molecule has 0 N–H and O–H groups in total. The van der Waals surface area contributed by atoms with Crippen molar-refractivity contribution in [3.05, 3.63) is 22.2 Å². The summed E-state index contributed by atoms with van der Waals surface area (Å²) in [6.07, 6.45) is 3.50. The predicted molar refractivity (Wildman–Crippen MR) is 51.4 cm³/mol. The lowest BCUT2D eigenvalue weighted by Crippen LogP contribution is -2.28. The standard InChI is InChI=1S/C9H12N2O3/c12-11(13)9-5-4-8(14-9)10-6-2-1-3-7-10/h4-5H,1-3,6-7H2. The molecule has 2 rings (SSSR count). The molecular weight excluding hydrogens is 184 g/mol. The van der Waals surface area contributed by atoms with Crippen LogP contribution in [0.5, 0.6) is 0 Å². The van der Waals surface area contributed by atoms with E-state index in [-0.39, 0.29) is 5.88 Å². The monoisotopic (exact) mass is 196 g/mol. The second-order valence-corrected chi connectivity index (χ2v) is 3.42. The van der Waals surface area contributed by atoms with Crippen molar-refractivity contribution >= 4 is 11.8 Å². The third kappa shape index (κ3) is 1.71. The van der Waals surface area contributed by atoms with Gasteiger partial charge < -0.3 is 9.32 Å². The lowest BCUT2D eigenvalue weighted by molar-refractivity contribution is -0.401. The van der Waals surface area contributed by atoms with Crippen LogP contribution in [0.4, 0.5) is 11.8 Å². The van der Waals surface area contributed by atoms with Crippen LogP contribution in [0.2, 0.25) is 0 Å². The Morgan fingerprint density at radius 1 is 1.29 bits per heavy atom. The zero-order valence-electron chi connectivity index (χ0n) is 7.81. The maximum atomic E-state index is 10.4. The van der Waals surface area contributed by atoms with Crippen molar-refractivity contribution in [1.29, 1.82) is 0 Å². The first-order valence-electron chi connectivity index (χ1n) is 4.76. The Morgan fingerprint density at radius 2 is 2.00 bits per heavy atom. The fourth-order valence-corrected chi connectivity index (χ4v) is 1.70. The molecule has 1 aliphatic heterocycles. The SMILES string of the molecule is O=[N+]([O-])c1ccc(N2CCCCC2)o1. The molecule has 0 atom stereocenters. The Morgan fingerprint density at radius 3 is 2.57 bits per heavy atom. The minimum atomic E-state index is -0.507. The zero-order valence-corrected chi connectivity index (χ0v) is 7.81. The molecule has 0 spiro atoms. The molecule has 0 unspecified atom stereocenters. The van der Waals surface area contributed by atoms with Gasteiger partial charge in [0.2, 0.25) is 5.88 Å².